The lowest BCUT2D eigenvalue weighted by Crippen LogP contribution is -2.07. The predicted octanol–water partition coefficient (Wildman–Crippen LogP) is 4.48. The molecule has 0 saturated carbocycles. The van der Waals surface area contributed by atoms with Crippen molar-refractivity contribution >= 4 is 28.0 Å². The lowest BCUT2D eigenvalue weighted by atomic mass is 10.1. The molecule has 1 atom stereocenters. The van der Waals surface area contributed by atoms with Crippen molar-refractivity contribution in [1.29, 1.82) is 0 Å². The van der Waals surface area contributed by atoms with Crippen LogP contribution in [0, 0.1) is 0 Å². The first kappa shape index (κ1) is 14.2. The molecule has 0 aliphatic carbocycles. The highest BCUT2D eigenvalue weighted by Crippen LogP contribution is 2.15. The molecule has 21 heavy (non-hydrogen) atoms. The van der Waals surface area contributed by atoms with Crippen LogP contribution in [0.4, 0.5) is 0 Å². The molecule has 1 heterocycles. The highest BCUT2D eigenvalue weighted by Gasteiger charge is 2.13. The zero-order valence-electron chi connectivity index (χ0n) is 11.7. The first-order valence-electron chi connectivity index (χ1n) is 7.19. The zero-order chi connectivity index (χ0) is 14.5. The summed E-state index contributed by atoms with van der Waals surface area (Å²) in [7, 11) is 0. The Morgan fingerprint density at radius 1 is 0.857 bits per heavy atom. The maximum Gasteiger partial charge on any atom is 0.123 e. The molecule has 2 aromatic carbocycles. The van der Waals surface area contributed by atoms with Crippen LogP contribution in [-0.4, -0.2) is 18.1 Å². The summed E-state index contributed by atoms with van der Waals surface area (Å²) >= 11 is 3.46. The van der Waals surface area contributed by atoms with Crippen molar-refractivity contribution in [2.24, 2.45) is 9.98 Å². The maximum absolute atomic E-state index is 4.70. The van der Waals surface area contributed by atoms with Gasteiger partial charge in [0.05, 0.1) is 6.04 Å². The van der Waals surface area contributed by atoms with Crippen molar-refractivity contribution < 1.29 is 0 Å². The van der Waals surface area contributed by atoms with Crippen LogP contribution in [0.3, 0.4) is 0 Å². The van der Waals surface area contributed by atoms with Crippen molar-refractivity contribution in [1.82, 2.24) is 0 Å². The number of hydrogen-bond donors (Lipinski definition) is 0. The molecular formula is C18H17BrN2. The molecule has 1 aliphatic rings. The molecule has 0 radical (unpaired) electrons. The second kappa shape index (κ2) is 6.81. The summed E-state index contributed by atoms with van der Waals surface area (Å²) < 4.78 is 1.11. The molecular weight excluding hydrogens is 324 g/mol. The topological polar surface area (TPSA) is 24.7 Å². The molecule has 3 heteroatoms. The van der Waals surface area contributed by atoms with Gasteiger partial charge in [-0.15, -0.1) is 0 Å². The second-order valence-electron chi connectivity index (χ2n) is 5.21. The normalized spacial score (nSPS) is 17.0. The molecule has 0 saturated heterocycles. The van der Waals surface area contributed by atoms with Gasteiger partial charge in [-0.25, -0.2) is 4.99 Å². The predicted molar refractivity (Wildman–Crippen MR) is 92.3 cm³/mol. The standard InChI is InChI=1S/C18H17BrN2/c19-16-9-6-15(7-10-16)12-17-13-20-18(21-17)11-8-14-4-2-1-3-5-14/h1-7,9-10,13,17H,8,11-12H2. The number of benzene rings is 2. The van der Waals surface area contributed by atoms with E-state index in [4.69, 9.17) is 4.99 Å². The fraction of sp³-hybridized carbons (Fsp3) is 0.222. The molecule has 0 N–H and O–H groups in total. The van der Waals surface area contributed by atoms with Crippen LogP contribution in [0.25, 0.3) is 0 Å². The number of aryl methyl sites for hydroxylation is 1. The molecule has 0 spiro atoms. The highest BCUT2D eigenvalue weighted by molar-refractivity contribution is 9.10. The van der Waals surface area contributed by atoms with Gasteiger partial charge in [0.15, 0.2) is 0 Å². The largest absolute Gasteiger partial charge is 0.261 e. The number of amidine groups is 1. The van der Waals surface area contributed by atoms with E-state index in [1.54, 1.807) is 0 Å². The first-order valence-corrected chi connectivity index (χ1v) is 7.98. The Hall–Kier alpha value is -1.74. The molecule has 2 nitrogen and oxygen atoms in total. The molecule has 0 amide bonds. The minimum absolute atomic E-state index is 0.192. The average molecular weight is 341 g/mol. The van der Waals surface area contributed by atoms with Crippen molar-refractivity contribution in [2.45, 2.75) is 25.3 Å². The summed E-state index contributed by atoms with van der Waals surface area (Å²) in [5.74, 6) is 0.973. The highest BCUT2D eigenvalue weighted by atomic mass is 79.9. The molecule has 0 aromatic heterocycles. The van der Waals surface area contributed by atoms with Gasteiger partial charge in [-0.1, -0.05) is 58.4 Å². The lowest BCUT2D eigenvalue weighted by molar-refractivity contribution is 0.872. The Bertz CT molecular complexity index is 645. The summed E-state index contributed by atoms with van der Waals surface area (Å²) in [6.45, 7) is 0. The van der Waals surface area contributed by atoms with Gasteiger partial charge in [0.1, 0.15) is 5.84 Å². The summed E-state index contributed by atoms with van der Waals surface area (Å²) in [5, 5.41) is 0. The smallest absolute Gasteiger partial charge is 0.123 e. The molecule has 1 unspecified atom stereocenters. The van der Waals surface area contributed by atoms with E-state index in [9.17, 15) is 0 Å². The maximum atomic E-state index is 4.70. The van der Waals surface area contributed by atoms with E-state index in [0.29, 0.717) is 0 Å². The van der Waals surface area contributed by atoms with E-state index >= 15 is 0 Å². The van der Waals surface area contributed by atoms with E-state index in [1.165, 1.54) is 11.1 Å². The van der Waals surface area contributed by atoms with Crippen LogP contribution in [-0.2, 0) is 12.8 Å². The molecule has 3 rings (SSSR count). The molecule has 0 fully saturated rings. The number of rotatable bonds is 5. The number of aliphatic imine (C=N–C) groups is 2. The summed E-state index contributed by atoms with van der Waals surface area (Å²) in [5.41, 5.74) is 2.63. The van der Waals surface area contributed by atoms with Gasteiger partial charge in [0.2, 0.25) is 0 Å². The molecule has 0 bridgehead atoms. The van der Waals surface area contributed by atoms with E-state index in [-0.39, 0.29) is 6.04 Å². The van der Waals surface area contributed by atoms with Crippen molar-refractivity contribution in [3.05, 3.63) is 70.2 Å². The van der Waals surface area contributed by atoms with Crippen LogP contribution in [0.15, 0.2) is 69.1 Å². The third kappa shape index (κ3) is 4.11. The van der Waals surface area contributed by atoms with Gasteiger partial charge in [0, 0.05) is 17.1 Å². The number of nitrogens with zero attached hydrogens (tertiary/aromatic N) is 2. The van der Waals surface area contributed by atoms with E-state index in [0.717, 1.165) is 29.6 Å². The minimum Gasteiger partial charge on any atom is -0.261 e. The van der Waals surface area contributed by atoms with Gasteiger partial charge in [-0.05, 0) is 36.1 Å². The summed E-state index contributed by atoms with van der Waals surface area (Å²) in [4.78, 5) is 9.17. The van der Waals surface area contributed by atoms with Gasteiger partial charge >= 0.3 is 0 Å². The van der Waals surface area contributed by atoms with Crippen molar-refractivity contribution in [3.8, 4) is 0 Å². The fourth-order valence-corrected chi connectivity index (χ4v) is 2.68. The number of hydrogen-bond acceptors (Lipinski definition) is 2. The third-order valence-electron chi connectivity index (χ3n) is 3.55. The van der Waals surface area contributed by atoms with Crippen molar-refractivity contribution in [3.63, 3.8) is 0 Å². The Balaban J connectivity index is 1.55. The minimum atomic E-state index is 0.192. The third-order valence-corrected chi connectivity index (χ3v) is 4.08. The van der Waals surface area contributed by atoms with E-state index in [2.05, 4.69) is 69.5 Å². The summed E-state index contributed by atoms with van der Waals surface area (Å²) in [6.07, 6.45) is 4.81. The Morgan fingerprint density at radius 3 is 2.38 bits per heavy atom. The van der Waals surface area contributed by atoms with E-state index < -0.39 is 0 Å². The van der Waals surface area contributed by atoms with Crippen LogP contribution in [0.2, 0.25) is 0 Å². The van der Waals surface area contributed by atoms with E-state index in [1.807, 2.05) is 12.3 Å². The Morgan fingerprint density at radius 2 is 1.62 bits per heavy atom. The lowest BCUT2D eigenvalue weighted by Gasteiger charge is -2.04. The Labute approximate surface area is 133 Å². The summed E-state index contributed by atoms with van der Waals surface area (Å²) in [6, 6.07) is 19.1. The van der Waals surface area contributed by atoms with Gasteiger partial charge in [-0.2, -0.15) is 0 Å². The van der Waals surface area contributed by atoms with Gasteiger partial charge in [-0.3, -0.25) is 4.99 Å². The number of halogens is 1. The van der Waals surface area contributed by atoms with Gasteiger partial charge < -0.3 is 0 Å². The van der Waals surface area contributed by atoms with Crippen molar-refractivity contribution in [2.75, 3.05) is 0 Å². The van der Waals surface area contributed by atoms with Gasteiger partial charge in [0.25, 0.3) is 0 Å². The second-order valence-corrected chi connectivity index (χ2v) is 6.12. The monoisotopic (exact) mass is 340 g/mol. The van der Waals surface area contributed by atoms with Crippen LogP contribution >= 0.6 is 15.9 Å². The fourth-order valence-electron chi connectivity index (χ4n) is 2.42. The SMILES string of the molecule is Brc1ccc(CC2C=NC(CCc3ccccc3)=N2)cc1. The molecule has 1 aliphatic heterocycles. The van der Waals surface area contributed by atoms with Crippen LogP contribution in [0.1, 0.15) is 17.5 Å². The quantitative estimate of drug-likeness (QED) is 0.766. The van der Waals surface area contributed by atoms with Crippen LogP contribution in [0.5, 0.6) is 0 Å². The molecule has 106 valence electrons. The average Bonchev–Trinajstić information content (AvgIpc) is 2.96. The Kier molecular flexibility index (Phi) is 4.61. The molecule has 2 aromatic rings. The van der Waals surface area contributed by atoms with Crippen LogP contribution < -0.4 is 0 Å². The zero-order valence-corrected chi connectivity index (χ0v) is 13.3. The first-order chi connectivity index (χ1) is 10.3.